The molecule has 2 aliphatic heterocycles. The van der Waals surface area contributed by atoms with Gasteiger partial charge in [0.25, 0.3) is 0 Å². The maximum atomic E-state index is 14.2. The first-order valence-corrected chi connectivity index (χ1v) is 13.1. The molecule has 35 heavy (non-hydrogen) atoms. The van der Waals surface area contributed by atoms with E-state index in [2.05, 4.69) is 4.98 Å². The van der Waals surface area contributed by atoms with Gasteiger partial charge < -0.3 is 9.80 Å². The van der Waals surface area contributed by atoms with Crippen molar-refractivity contribution in [3.05, 3.63) is 47.2 Å². The number of hydrogen-bond donors (Lipinski definition) is 0. The van der Waals surface area contributed by atoms with Crippen molar-refractivity contribution >= 4 is 46.0 Å². The van der Waals surface area contributed by atoms with Crippen LogP contribution in [0.25, 0.3) is 6.08 Å². The van der Waals surface area contributed by atoms with E-state index >= 15 is 0 Å². The van der Waals surface area contributed by atoms with Crippen LogP contribution in [0.4, 0.5) is 15.2 Å². The van der Waals surface area contributed by atoms with Gasteiger partial charge in [0.2, 0.25) is 17.7 Å². The fourth-order valence-electron chi connectivity index (χ4n) is 4.65. The summed E-state index contributed by atoms with van der Waals surface area (Å²) in [5, 5.41) is 2.06. The number of para-hydroxylation sites is 1. The third kappa shape index (κ3) is 6.14. The van der Waals surface area contributed by atoms with Gasteiger partial charge in [-0.1, -0.05) is 25.0 Å². The van der Waals surface area contributed by atoms with E-state index < -0.39 is 5.82 Å². The average molecular weight is 499 g/mol. The average Bonchev–Trinajstić information content (AvgIpc) is 3.15. The normalized spacial score (nSPS) is 17.4. The molecule has 0 aliphatic carbocycles. The monoisotopic (exact) mass is 498 g/mol. The van der Waals surface area contributed by atoms with Gasteiger partial charge in [-0.25, -0.2) is 9.37 Å². The summed E-state index contributed by atoms with van der Waals surface area (Å²) in [5.41, 5.74) is 0.658. The van der Waals surface area contributed by atoms with Crippen molar-refractivity contribution in [2.45, 2.75) is 45.4 Å². The third-order valence-corrected chi connectivity index (χ3v) is 7.42. The van der Waals surface area contributed by atoms with Crippen molar-refractivity contribution in [2.75, 3.05) is 31.1 Å². The van der Waals surface area contributed by atoms with Gasteiger partial charge >= 0.3 is 0 Å². The summed E-state index contributed by atoms with van der Waals surface area (Å²) in [6.07, 6.45) is 9.00. The van der Waals surface area contributed by atoms with Crippen LogP contribution in [-0.2, 0) is 14.4 Å². The van der Waals surface area contributed by atoms with Gasteiger partial charge in [-0.2, -0.15) is 0 Å². The number of anilines is 2. The van der Waals surface area contributed by atoms with Gasteiger partial charge in [-0.05, 0) is 43.9 Å². The Kier molecular flexibility index (Phi) is 8.28. The highest BCUT2D eigenvalue weighted by Gasteiger charge is 2.30. The molecule has 0 bridgehead atoms. The van der Waals surface area contributed by atoms with Crippen molar-refractivity contribution in [3.8, 4) is 0 Å². The van der Waals surface area contributed by atoms with Crippen LogP contribution in [0.1, 0.15) is 51.1 Å². The lowest BCUT2D eigenvalue weighted by molar-refractivity contribution is -0.139. The second kappa shape index (κ2) is 11.6. The lowest BCUT2D eigenvalue weighted by atomic mass is 9.95. The Hall–Kier alpha value is -3.07. The number of benzene rings is 1. The smallest absolute Gasteiger partial charge is 0.246 e. The van der Waals surface area contributed by atoms with Crippen LogP contribution in [0, 0.1) is 11.7 Å². The number of piperidine rings is 1. The molecule has 0 spiro atoms. The van der Waals surface area contributed by atoms with Crippen LogP contribution < -0.4 is 4.90 Å². The largest absolute Gasteiger partial charge is 0.342 e. The molecule has 0 unspecified atom stereocenters. The van der Waals surface area contributed by atoms with Gasteiger partial charge in [0.1, 0.15) is 5.82 Å². The molecule has 4 rings (SSSR count). The number of carbonyl (C=O) groups excluding carboxylic acids is 3. The van der Waals surface area contributed by atoms with Crippen LogP contribution in [-0.4, -0.2) is 58.7 Å². The Bertz CT molecular complexity index is 1090. The molecule has 9 heteroatoms. The Morgan fingerprint density at radius 3 is 2.37 bits per heavy atom. The number of carbonyl (C=O) groups is 3. The van der Waals surface area contributed by atoms with Crippen LogP contribution in [0.5, 0.6) is 0 Å². The van der Waals surface area contributed by atoms with E-state index in [1.54, 1.807) is 28.5 Å². The summed E-state index contributed by atoms with van der Waals surface area (Å²) in [5.74, 6) is -0.748. The molecule has 2 aromatic rings. The van der Waals surface area contributed by atoms with Crippen LogP contribution in [0.3, 0.4) is 0 Å². The highest BCUT2D eigenvalue weighted by Crippen LogP contribution is 2.31. The zero-order chi connectivity index (χ0) is 24.8. The topological polar surface area (TPSA) is 73.8 Å². The molecule has 2 saturated heterocycles. The molecule has 3 heterocycles. The maximum Gasteiger partial charge on any atom is 0.246 e. The van der Waals surface area contributed by atoms with E-state index in [9.17, 15) is 18.8 Å². The molecule has 0 N–H and O–H groups in total. The van der Waals surface area contributed by atoms with E-state index in [4.69, 9.17) is 0 Å². The van der Waals surface area contributed by atoms with Crippen LogP contribution >= 0.6 is 11.3 Å². The molecule has 186 valence electrons. The molecule has 2 fully saturated rings. The fourth-order valence-corrected chi connectivity index (χ4v) is 5.50. The molecule has 3 amide bonds. The number of nitrogens with zero attached hydrogens (tertiary/aromatic N) is 4. The fraction of sp³-hybridized carbons (Fsp3) is 0.462. The predicted octanol–water partition coefficient (Wildman–Crippen LogP) is 4.62. The van der Waals surface area contributed by atoms with E-state index in [-0.39, 0.29) is 29.3 Å². The second-order valence-corrected chi connectivity index (χ2v) is 9.87. The summed E-state index contributed by atoms with van der Waals surface area (Å²) in [4.78, 5) is 47.2. The minimum atomic E-state index is -0.511. The first-order chi connectivity index (χ1) is 16.9. The summed E-state index contributed by atoms with van der Waals surface area (Å²) in [7, 11) is 0. The minimum absolute atomic E-state index is 0.00169. The number of amides is 3. The Balaban J connectivity index is 1.34. The second-order valence-electron chi connectivity index (χ2n) is 9.03. The van der Waals surface area contributed by atoms with Crippen LogP contribution in [0.15, 0.2) is 35.7 Å². The van der Waals surface area contributed by atoms with Crippen molar-refractivity contribution in [3.63, 3.8) is 0 Å². The van der Waals surface area contributed by atoms with Gasteiger partial charge in [0, 0.05) is 50.5 Å². The lowest BCUT2D eigenvalue weighted by Crippen LogP contribution is -2.44. The Labute approximate surface area is 209 Å². The van der Waals surface area contributed by atoms with E-state index in [1.165, 1.54) is 54.2 Å². The molecule has 2 aliphatic rings. The number of hydrogen-bond acceptors (Lipinski definition) is 5. The van der Waals surface area contributed by atoms with Gasteiger partial charge in [0.05, 0.1) is 11.4 Å². The zero-order valence-electron chi connectivity index (χ0n) is 20.0. The molecular formula is C26H31FN4O3S. The lowest BCUT2D eigenvalue weighted by Gasteiger charge is -2.33. The van der Waals surface area contributed by atoms with E-state index in [0.29, 0.717) is 36.8 Å². The Morgan fingerprint density at radius 2 is 1.71 bits per heavy atom. The molecule has 1 aromatic carbocycles. The third-order valence-electron chi connectivity index (χ3n) is 6.58. The highest BCUT2D eigenvalue weighted by atomic mass is 32.1. The number of likely N-dealkylation sites (tertiary alicyclic amines) is 2. The van der Waals surface area contributed by atoms with Gasteiger partial charge in [0.15, 0.2) is 5.13 Å². The molecule has 0 saturated carbocycles. The van der Waals surface area contributed by atoms with Crippen molar-refractivity contribution < 1.29 is 18.8 Å². The van der Waals surface area contributed by atoms with E-state index in [0.717, 1.165) is 25.9 Å². The number of halogens is 1. The number of rotatable bonds is 5. The quantitative estimate of drug-likeness (QED) is 0.564. The Morgan fingerprint density at radius 1 is 1.03 bits per heavy atom. The molecular weight excluding hydrogens is 467 g/mol. The highest BCUT2D eigenvalue weighted by molar-refractivity contribution is 7.14. The summed E-state index contributed by atoms with van der Waals surface area (Å²) in [6.45, 7) is 4.18. The summed E-state index contributed by atoms with van der Waals surface area (Å²) < 4.78 is 14.2. The molecule has 0 atom stereocenters. The van der Waals surface area contributed by atoms with Crippen molar-refractivity contribution in [2.24, 2.45) is 5.92 Å². The first kappa shape index (κ1) is 25.0. The van der Waals surface area contributed by atoms with Gasteiger partial charge in [-0.3, -0.25) is 19.3 Å². The molecule has 1 aromatic heterocycles. The summed E-state index contributed by atoms with van der Waals surface area (Å²) in [6, 6.07) is 6.04. The van der Waals surface area contributed by atoms with Crippen molar-refractivity contribution in [1.82, 2.24) is 14.8 Å². The minimum Gasteiger partial charge on any atom is -0.342 e. The molecule has 7 nitrogen and oxygen atoms in total. The standard InChI is InChI=1S/C26H31FN4O3S/c1-19(32)31(23-9-5-4-8-22(23)27)26-28-21(18-35-26)10-11-24(33)29-16-12-20(13-17-29)25(34)30-14-6-2-3-7-15-30/h4-5,8-11,18,20H,2-3,6-7,12-17H2,1H3. The van der Waals surface area contributed by atoms with Crippen LogP contribution in [0.2, 0.25) is 0 Å². The number of thiazole rings is 1. The number of aromatic nitrogens is 1. The molecule has 0 radical (unpaired) electrons. The first-order valence-electron chi connectivity index (χ1n) is 12.2. The SMILES string of the molecule is CC(=O)N(c1nc(C=CC(=O)N2CCC(C(=O)N3CCCCCC3)CC2)cs1)c1ccccc1F. The van der Waals surface area contributed by atoms with E-state index in [1.807, 2.05) is 4.90 Å². The van der Waals surface area contributed by atoms with Crippen molar-refractivity contribution in [1.29, 1.82) is 0 Å². The predicted molar refractivity (Wildman–Crippen MR) is 135 cm³/mol. The summed E-state index contributed by atoms with van der Waals surface area (Å²) >= 11 is 1.20. The zero-order valence-corrected chi connectivity index (χ0v) is 20.8. The van der Waals surface area contributed by atoms with Gasteiger partial charge in [-0.15, -0.1) is 11.3 Å². The maximum absolute atomic E-state index is 14.2.